The van der Waals surface area contributed by atoms with Crippen molar-refractivity contribution in [2.45, 2.75) is 37.7 Å². The molecule has 2 N–H and O–H groups in total. The van der Waals surface area contributed by atoms with Crippen LogP contribution in [0.1, 0.15) is 43.2 Å². The van der Waals surface area contributed by atoms with Crippen molar-refractivity contribution in [3.05, 3.63) is 64.7 Å². The number of hydrogen-bond acceptors (Lipinski definition) is 2. The highest BCUT2D eigenvalue weighted by molar-refractivity contribution is 6.30. The summed E-state index contributed by atoms with van der Waals surface area (Å²) in [6.45, 7) is 0. The first-order valence-electron chi connectivity index (χ1n) is 7.89. The van der Waals surface area contributed by atoms with Crippen molar-refractivity contribution in [2.24, 2.45) is 5.92 Å². The van der Waals surface area contributed by atoms with Crippen LogP contribution in [0.3, 0.4) is 0 Å². The summed E-state index contributed by atoms with van der Waals surface area (Å²) < 4.78 is 0. The third kappa shape index (κ3) is 2.73. The van der Waals surface area contributed by atoms with E-state index in [4.69, 9.17) is 11.6 Å². The van der Waals surface area contributed by atoms with Gasteiger partial charge in [-0.1, -0.05) is 61.2 Å². The normalized spacial score (nSPS) is 18.8. The van der Waals surface area contributed by atoms with Gasteiger partial charge in [-0.05, 0) is 42.5 Å². The number of benzene rings is 2. The van der Waals surface area contributed by atoms with Gasteiger partial charge in [-0.25, -0.2) is 0 Å². The number of phenols is 1. The zero-order valence-corrected chi connectivity index (χ0v) is 13.3. The fourth-order valence-corrected chi connectivity index (χ4v) is 3.81. The number of hydrogen-bond donors (Lipinski definition) is 2. The fourth-order valence-electron chi connectivity index (χ4n) is 3.64. The SMILES string of the molecule is Oc1ccc(Cl)cc1C(O)(c1ccccc1)C1CCCCC1. The van der Waals surface area contributed by atoms with E-state index >= 15 is 0 Å². The molecule has 0 saturated heterocycles. The van der Waals surface area contributed by atoms with E-state index < -0.39 is 5.60 Å². The van der Waals surface area contributed by atoms with Crippen LogP contribution in [-0.4, -0.2) is 10.2 Å². The second-order valence-electron chi connectivity index (χ2n) is 6.13. The van der Waals surface area contributed by atoms with Gasteiger partial charge in [0.25, 0.3) is 0 Å². The standard InChI is InChI=1S/C19H21ClO2/c20-16-11-12-18(21)17(13-16)19(22,14-7-3-1-4-8-14)15-9-5-2-6-10-15/h1,3-4,7-8,11-13,15,21-22H,2,5-6,9-10H2. The molecule has 2 aromatic carbocycles. The highest BCUT2D eigenvalue weighted by Crippen LogP contribution is 2.47. The highest BCUT2D eigenvalue weighted by atomic mass is 35.5. The monoisotopic (exact) mass is 316 g/mol. The van der Waals surface area contributed by atoms with Gasteiger partial charge in [0.1, 0.15) is 11.4 Å². The van der Waals surface area contributed by atoms with Crippen LogP contribution in [0.2, 0.25) is 5.02 Å². The average Bonchev–Trinajstić information content (AvgIpc) is 2.58. The molecular formula is C19H21ClO2. The minimum absolute atomic E-state index is 0.0908. The van der Waals surface area contributed by atoms with Crippen molar-refractivity contribution in [1.82, 2.24) is 0 Å². The van der Waals surface area contributed by atoms with Crippen LogP contribution in [0.15, 0.2) is 48.5 Å². The van der Waals surface area contributed by atoms with E-state index in [-0.39, 0.29) is 11.7 Å². The zero-order valence-electron chi connectivity index (χ0n) is 12.5. The molecule has 0 heterocycles. The highest BCUT2D eigenvalue weighted by Gasteiger charge is 2.42. The van der Waals surface area contributed by atoms with Crippen molar-refractivity contribution in [1.29, 1.82) is 0 Å². The Bertz CT molecular complexity index is 635. The third-order valence-corrected chi connectivity index (χ3v) is 5.01. The van der Waals surface area contributed by atoms with E-state index in [1.165, 1.54) is 6.42 Å². The first kappa shape index (κ1) is 15.4. The predicted molar refractivity (Wildman–Crippen MR) is 89.1 cm³/mol. The van der Waals surface area contributed by atoms with Crippen molar-refractivity contribution in [2.75, 3.05) is 0 Å². The molecule has 0 spiro atoms. The number of halogens is 1. The molecule has 1 aliphatic carbocycles. The minimum Gasteiger partial charge on any atom is -0.508 e. The molecule has 0 aliphatic heterocycles. The molecule has 0 aromatic heterocycles. The topological polar surface area (TPSA) is 40.5 Å². The van der Waals surface area contributed by atoms with E-state index in [0.717, 1.165) is 31.2 Å². The Hall–Kier alpha value is -1.51. The average molecular weight is 317 g/mol. The molecule has 0 bridgehead atoms. The van der Waals surface area contributed by atoms with Crippen molar-refractivity contribution >= 4 is 11.6 Å². The number of rotatable bonds is 3. The van der Waals surface area contributed by atoms with Crippen LogP contribution in [0.5, 0.6) is 5.75 Å². The zero-order chi connectivity index (χ0) is 15.6. The largest absolute Gasteiger partial charge is 0.508 e. The minimum atomic E-state index is -1.20. The van der Waals surface area contributed by atoms with Crippen molar-refractivity contribution in [3.63, 3.8) is 0 Å². The number of phenolic OH excluding ortho intramolecular Hbond substituents is 1. The first-order chi connectivity index (χ1) is 10.6. The third-order valence-electron chi connectivity index (χ3n) is 4.78. The number of aromatic hydroxyl groups is 1. The van der Waals surface area contributed by atoms with E-state index in [2.05, 4.69) is 0 Å². The smallest absolute Gasteiger partial charge is 0.122 e. The molecule has 0 radical (unpaired) electrons. The Morgan fingerprint density at radius 2 is 1.64 bits per heavy atom. The van der Waals surface area contributed by atoms with Gasteiger partial charge in [0.15, 0.2) is 0 Å². The van der Waals surface area contributed by atoms with E-state index in [1.54, 1.807) is 18.2 Å². The first-order valence-corrected chi connectivity index (χ1v) is 8.27. The molecule has 22 heavy (non-hydrogen) atoms. The van der Waals surface area contributed by atoms with Gasteiger partial charge in [0.05, 0.1) is 0 Å². The van der Waals surface area contributed by atoms with Crippen LogP contribution in [0, 0.1) is 5.92 Å². The second kappa shape index (κ2) is 6.31. The molecule has 1 unspecified atom stereocenters. The Labute approximate surface area is 136 Å². The van der Waals surface area contributed by atoms with E-state index in [1.807, 2.05) is 30.3 Å². The van der Waals surface area contributed by atoms with Crippen LogP contribution in [0.4, 0.5) is 0 Å². The van der Waals surface area contributed by atoms with Crippen molar-refractivity contribution in [3.8, 4) is 5.75 Å². The quantitative estimate of drug-likeness (QED) is 0.848. The maximum atomic E-state index is 11.7. The number of aliphatic hydroxyl groups is 1. The van der Waals surface area contributed by atoms with Gasteiger partial charge >= 0.3 is 0 Å². The molecule has 1 fully saturated rings. The lowest BCUT2D eigenvalue weighted by atomic mass is 9.70. The van der Waals surface area contributed by atoms with Gasteiger partial charge in [-0.3, -0.25) is 0 Å². The summed E-state index contributed by atoms with van der Waals surface area (Å²) in [7, 11) is 0. The lowest BCUT2D eigenvalue weighted by Gasteiger charge is -2.39. The van der Waals surface area contributed by atoms with Crippen LogP contribution >= 0.6 is 11.6 Å². The summed E-state index contributed by atoms with van der Waals surface area (Å²) in [5, 5.41) is 22.5. The summed E-state index contributed by atoms with van der Waals surface area (Å²) in [4.78, 5) is 0. The molecular weight excluding hydrogens is 296 g/mol. The van der Waals surface area contributed by atoms with Gasteiger partial charge in [0.2, 0.25) is 0 Å². The predicted octanol–water partition coefficient (Wildman–Crippen LogP) is 4.86. The molecule has 1 atom stereocenters. The van der Waals surface area contributed by atoms with Gasteiger partial charge in [-0.2, -0.15) is 0 Å². The van der Waals surface area contributed by atoms with Crippen LogP contribution < -0.4 is 0 Å². The summed E-state index contributed by atoms with van der Waals surface area (Å²) >= 11 is 6.13. The Kier molecular flexibility index (Phi) is 4.42. The Morgan fingerprint density at radius 3 is 2.32 bits per heavy atom. The summed E-state index contributed by atoms with van der Waals surface area (Å²) in [5.74, 6) is 0.189. The van der Waals surface area contributed by atoms with Gasteiger partial charge in [-0.15, -0.1) is 0 Å². The van der Waals surface area contributed by atoms with Crippen LogP contribution in [0.25, 0.3) is 0 Å². The molecule has 116 valence electrons. The van der Waals surface area contributed by atoms with Gasteiger partial charge in [0, 0.05) is 10.6 Å². The maximum absolute atomic E-state index is 11.7. The maximum Gasteiger partial charge on any atom is 0.122 e. The summed E-state index contributed by atoms with van der Waals surface area (Å²) in [5.41, 5.74) is 0.133. The lowest BCUT2D eigenvalue weighted by Crippen LogP contribution is -2.37. The molecule has 0 amide bonds. The van der Waals surface area contributed by atoms with E-state index in [0.29, 0.717) is 10.6 Å². The van der Waals surface area contributed by atoms with Gasteiger partial charge < -0.3 is 10.2 Å². The fraction of sp³-hybridized carbons (Fsp3) is 0.368. The Balaban J connectivity index is 2.16. The lowest BCUT2D eigenvalue weighted by molar-refractivity contribution is -0.00248. The molecule has 3 rings (SSSR count). The summed E-state index contributed by atoms with van der Waals surface area (Å²) in [6.07, 6.45) is 5.35. The molecule has 1 saturated carbocycles. The van der Waals surface area contributed by atoms with Crippen LogP contribution in [-0.2, 0) is 5.60 Å². The Morgan fingerprint density at radius 1 is 0.955 bits per heavy atom. The molecule has 3 heteroatoms. The molecule has 2 aromatic rings. The summed E-state index contributed by atoms with van der Waals surface area (Å²) in [6, 6.07) is 14.5. The van der Waals surface area contributed by atoms with E-state index in [9.17, 15) is 10.2 Å². The molecule has 2 nitrogen and oxygen atoms in total. The van der Waals surface area contributed by atoms with Crippen molar-refractivity contribution < 1.29 is 10.2 Å². The second-order valence-corrected chi connectivity index (χ2v) is 6.57. The molecule has 1 aliphatic rings.